The van der Waals surface area contributed by atoms with Crippen molar-refractivity contribution in [2.24, 2.45) is 0 Å². The highest BCUT2D eigenvalue weighted by molar-refractivity contribution is 9.11. The molecule has 20 heavy (non-hydrogen) atoms. The fraction of sp³-hybridized carbons (Fsp3) is 0.692. The Hall–Kier alpha value is 0.0500. The van der Waals surface area contributed by atoms with E-state index in [1.165, 1.54) is 11.3 Å². The maximum Gasteiger partial charge on any atom is 0.250 e. The highest BCUT2D eigenvalue weighted by atomic mass is 79.9. The first-order valence-corrected chi connectivity index (χ1v) is 9.80. The van der Waals surface area contributed by atoms with Gasteiger partial charge in [-0.15, -0.1) is 11.3 Å². The van der Waals surface area contributed by atoms with Crippen molar-refractivity contribution in [3.8, 4) is 0 Å². The molecule has 4 nitrogen and oxygen atoms in total. The molecule has 2 heterocycles. The van der Waals surface area contributed by atoms with Crippen molar-refractivity contribution in [3.63, 3.8) is 0 Å². The predicted molar refractivity (Wildman–Crippen MR) is 86.7 cm³/mol. The number of nitrogens with zero attached hydrogens (tertiary/aromatic N) is 1. The van der Waals surface area contributed by atoms with Gasteiger partial charge in [-0.25, -0.2) is 13.1 Å². The highest BCUT2D eigenvalue weighted by Gasteiger charge is 2.29. The molecule has 0 atom stereocenters. The number of halogens is 1. The Morgan fingerprint density at radius 2 is 1.90 bits per heavy atom. The first-order chi connectivity index (χ1) is 9.18. The summed E-state index contributed by atoms with van der Waals surface area (Å²) in [5.74, 6) is 0. The fourth-order valence-corrected chi connectivity index (χ4v) is 5.72. The van der Waals surface area contributed by atoms with Crippen LogP contribution in [0.1, 0.15) is 33.6 Å². The standard InChI is InChI=1S/C13H21BrN2O2S2/c1-13(2,3)16-8-6-10(7-9-16)15-20(17,18)12-5-4-11(14)19-12/h4-5,10,15H,6-9H2,1-3H3. The smallest absolute Gasteiger partial charge is 0.250 e. The number of nitrogens with one attached hydrogen (secondary N) is 1. The Labute approximate surface area is 133 Å². The van der Waals surface area contributed by atoms with Crippen molar-refractivity contribution >= 4 is 37.3 Å². The number of piperidine rings is 1. The van der Waals surface area contributed by atoms with Gasteiger partial charge in [0.25, 0.3) is 0 Å². The van der Waals surface area contributed by atoms with Crippen molar-refractivity contribution in [3.05, 3.63) is 15.9 Å². The third kappa shape index (κ3) is 4.04. The van der Waals surface area contributed by atoms with Gasteiger partial charge in [-0.05, 0) is 61.7 Å². The van der Waals surface area contributed by atoms with E-state index in [2.05, 4.69) is 46.3 Å². The number of hydrogen-bond acceptors (Lipinski definition) is 4. The molecule has 1 aliphatic heterocycles. The molecule has 0 saturated carbocycles. The molecule has 0 aromatic carbocycles. The molecule has 0 bridgehead atoms. The van der Waals surface area contributed by atoms with Gasteiger partial charge in [0.05, 0.1) is 3.79 Å². The van der Waals surface area contributed by atoms with E-state index in [4.69, 9.17) is 0 Å². The number of likely N-dealkylation sites (tertiary alicyclic amines) is 1. The maximum absolute atomic E-state index is 12.3. The third-order valence-corrected chi connectivity index (χ3v) is 7.21. The Morgan fingerprint density at radius 3 is 2.35 bits per heavy atom. The van der Waals surface area contributed by atoms with Gasteiger partial charge in [0, 0.05) is 24.7 Å². The van der Waals surface area contributed by atoms with Crippen LogP contribution in [0.5, 0.6) is 0 Å². The lowest BCUT2D eigenvalue weighted by Crippen LogP contribution is -2.50. The minimum absolute atomic E-state index is 0.0412. The maximum atomic E-state index is 12.3. The normalized spacial score (nSPS) is 19.4. The van der Waals surface area contributed by atoms with Gasteiger partial charge in [-0.1, -0.05) is 0 Å². The molecule has 0 spiro atoms. The zero-order valence-corrected chi connectivity index (χ0v) is 15.2. The van der Waals surface area contributed by atoms with Crippen molar-refractivity contribution < 1.29 is 8.42 Å². The largest absolute Gasteiger partial charge is 0.298 e. The summed E-state index contributed by atoms with van der Waals surface area (Å²) >= 11 is 4.54. The van der Waals surface area contributed by atoms with Crippen LogP contribution in [0.3, 0.4) is 0 Å². The first kappa shape index (κ1) is 16.4. The minimum atomic E-state index is -3.37. The summed E-state index contributed by atoms with van der Waals surface area (Å²) in [7, 11) is -3.37. The summed E-state index contributed by atoms with van der Waals surface area (Å²) in [6, 6.07) is 3.45. The van der Waals surface area contributed by atoms with Gasteiger partial charge >= 0.3 is 0 Å². The number of sulfonamides is 1. The summed E-state index contributed by atoms with van der Waals surface area (Å²) in [6.45, 7) is 8.46. The van der Waals surface area contributed by atoms with Gasteiger partial charge in [0.1, 0.15) is 4.21 Å². The average molecular weight is 381 g/mol. The Morgan fingerprint density at radius 1 is 1.30 bits per heavy atom. The lowest BCUT2D eigenvalue weighted by atomic mass is 9.99. The minimum Gasteiger partial charge on any atom is -0.298 e. The molecular weight excluding hydrogens is 360 g/mol. The van der Waals surface area contributed by atoms with E-state index in [-0.39, 0.29) is 11.6 Å². The molecule has 114 valence electrons. The number of rotatable bonds is 3. The fourth-order valence-electron chi connectivity index (χ4n) is 2.39. The molecule has 2 rings (SSSR count). The highest BCUT2D eigenvalue weighted by Crippen LogP contribution is 2.27. The molecule has 1 saturated heterocycles. The van der Waals surface area contributed by atoms with Crippen LogP contribution in [0.25, 0.3) is 0 Å². The van der Waals surface area contributed by atoms with Crippen LogP contribution in [0.4, 0.5) is 0 Å². The van der Waals surface area contributed by atoms with Crippen molar-refractivity contribution in [1.29, 1.82) is 0 Å². The SMILES string of the molecule is CC(C)(C)N1CCC(NS(=O)(=O)c2ccc(Br)s2)CC1. The number of thiophene rings is 1. The van der Waals surface area contributed by atoms with E-state index < -0.39 is 10.0 Å². The van der Waals surface area contributed by atoms with Crippen LogP contribution in [-0.2, 0) is 10.0 Å². The molecule has 0 unspecified atom stereocenters. The molecule has 1 N–H and O–H groups in total. The van der Waals surface area contributed by atoms with Crippen LogP contribution in [0.15, 0.2) is 20.1 Å². The Bertz CT molecular complexity index is 555. The first-order valence-electron chi connectivity index (χ1n) is 6.71. The van der Waals surface area contributed by atoms with E-state index in [1.807, 2.05) is 0 Å². The Balaban J connectivity index is 1.96. The Kier molecular flexibility index (Phi) is 4.96. The lowest BCUT2D eigenvalue weighted by Gasteiger charge is -2.40. The third-order valence-electron chi connectivity index (χ3n) is 3.58. The van der Waals surface area contributed by atoms with Crippen LogP contribution >= 0.6 is 27.3 Å². The van der Waals surface area contributed by atoms with Crippen LogP contribution in [0.2, 0.25) is 0 Å². The lowest BCUT2D eigenvalue weighted by molar-refractivity contribution is 0.100. The molecule has 1 aromatic rings. The summed E-state index contributed by atoms with van der Waals surface area (Å²) in [5.41, 5.74) is 0.155. The molecule has 7 heteroatoms. The van der Waals surface area contributed by atoms with Crippen LogP contribution in [-0.4, -0.2) is 38.0 Å². The average Bonchev–Trinajstić information content (AvgIpc) is 2.76. The van der Waals surface area contributed by atoms with Gasteiger partial charge in [0.2, 0.25) is 10.0 Å². The van der Waals surface area contributed by atoms with Gasteiger partial charge in [-0.3, -0.25) is 4.90 Å². The quantitative estimate of drug-likeness (QED) is 0.876. The molecule has 0 aliphatic carbocycles. The zero-order chi connectivity index (χ0) is 15.0. The van der Waals surface area contributed by atoms with Crippen LogP contribution in [0, 0.1) is 0 Å². The number of hydrogen-bond donors (Lipinski definition) is 1. The molecular formula is C13H21BrN2O2S2. The van der Waals surface area contributed by atoms with E-state index in [0.717, 1.165) is 29.7 Å². The monoisotopic (exact) mass is 380 g/mol. The van der Waals surface area contributed by atoms with E-state index in [0.29, 0.717) is 4.21 Å². The van der Waals surface area contributed by atoms with Crippen molar-refractivity contribution in [2.45, 2.75) is 49.4 Å². The van der Waals surface area contributed by atoms with Gasteiger partial charge in [-0.2, -0.15) is 0 Å². The topological polar surface area (TPSA) is 49.4 Å². The summed E-state index contributed by atoms with van der Waals surface area (Å²) in [6.07, 6.45) is 1.73. The second-order valence-electron chi connectivity index (χ2n) is 6.11. The van der Waals surface area contributed by atoms with Crippen LogP contribution < -0.4 is 4.72 Å². The molecule has 1 fully saturated rings. The van der Waals surface area contributed by atoms with E-state index in [1.54, 1.807) is 12.1 Å². The van der Waals surface area contributed by atoms with Crippen molar-refractivity contribution in [2.75, 3.05) is 13.1 Å². The summed E-state index contributed by atoms with van der Waals surface area (Å²) in [4.78, 5) is 2.40. The summed E-state index contributed by atoms with van der Waals surface area (Å²) < 4.78 is 28.6. The second-order valence-corrected chi connectivity index (χ2v) is 10.5. The predicted octanol–water partition coefficient (Wildman–Crippen LogP) is 3.05. The summed E-state index contributed by atoms with van der Waals surface area (Å²) in [5, 5.41) is 0. The zero-order valence-electron chi connectivity index (χ0n) is 12.0. The molecule has 0 radical (unpaired) electrons. The molecule has 1 aromatic heterocycles. The van der Waals surface area contributed by atoms with E-state index >= 15 is 0 Å². The molecule has 1 aliphatic rings. The second kappa shape index (κ2) is 6.04. The van der Waals surface area contributed by atoms with Gasteiger partial charge < -0.3 is 0 Å². The van der Waals surface area contributed by atoms with Crippen molar-refractivity contribution in [1.82, 2.24) is 9.62 Å². The molecule has 0 amide bonds. The van der Waals surface area contributed by atoms with Gasteiger partial charge in [0.15, 0.2) is 0 Å². The van der Waals surface area contributed by atoms with E-state index in [9.17, 15) is 8.42 Å².